The van der Waals surface area contributed by atoms with Gasteiger partial charge in [-0.2, -0.15) is 0 Å². The summed E-state index contributed by atoms with van der Waals surface area (Å²) in [7, 11) is 0. The number of hydrogen-bond acceptors (Lipinski definition) is 1. The van der Waals surface area contributed by atoms with Crippen molar-refractivity contribution >= 4 is 12.6 Å². The van der Waals surface area contributed by atoms with Crippen molar-refractivity contribution in [2.24, 2.45) is 0 Å². The molecule has 0 atom stereocenters. The lowest BCUT2D eigenvalue weighted by Gasteiger charge is -2.05. The molecule has 0 spiro atoms. The largest absolute Gasteiger partial charge is 0.143 e. The van der Waals surface area contributed by atoms with Gasteiger partial charge in [0.25, 0.3) is 0 Å². The quantitative estimate of drug-likeness (QED) is 0.555. The van der Waals surface area contributed by atoms with Crippen LogP contribution in [0.25, 0.3) is 0 Å². The molecule has 84 valence electrons. The molecular weight excluding hydrogens is 212 g/mol. The lowest BCUT2D eigenvalue weighted by molar-refractivity contribution is 0.953. The second-order valence-corrected chi connectivity index (χ2v) is 4.30. The van der Waals surface area contributed by atoms with E-state index in [0.717, 1.165) is 17.7 Å². The van der Waals surface area contributed by atoms with Crippen LogP contribution in [0.5, 0.6) is 0 Å². The molecule has 0 saturated carbocycles. The predicted molar refractivity (Wildman–Crippen MR) is 75.1 cm³/mol. The molecular formula is C15H18S. The van der Waals surface area contributed by atoms with E-state index < -0.39 is 0 Å². The average Bonchev–Trinajstić information content (AvgIpc) is 2.31. The van der Waals surface area contributed by atoms with Crippen LogP contribution in [0.2, 0.25) is 0 Å². The first-order chi connectivity index (χ1) is 7.67. The van der Waals surface area contributed by atoms with Crippen molar-refractivity contribution in [2.45, 2.75) is 24.7 Å². The number of rotatable bonds is 5. The summed E-state index contributed by atoms with van der Waals surface area (Å²) in [6.07, 6.45) is 5.84. The molecule has 0 aliphatic heterocycles. The van der Waals surface area contributed by atoms with Crippen molar-refractivity contribution in [3.8, 4) is 0 Å². The van der Waals surface area contributed by atoms with Gasteiger partial charge in [0.2, 0.25) is 0 Å². The number of hydrogen-bond donors (Lipinski definition) is 1. The first kappa shape index (κ1) is 12.9. The lowest BCUT2D eigenvalue weighted by Crippen LogP contribution is -1.89. The van der Waals surface area contributed by atoms with Gasteiger partial charge in [0.15, 0.2) is 0 Å². The summed E-state index contributed by atoms with van der Waals surface area (Å²) < 4.78 is 0. The Balaban J connectivity index is 2.67. The molecule has 0 aliphatic carbocycles. The maximum Gasteiger partial charge on any atom is 0.00401 e. The van der Waals surface area contributed by atoms with Crippen LogP contribution < -0.4 is 0 Å². The van der Waals surface area contributed by atoms with E-state index in [1.807, 2.05) is 24.3 Å². The number of aryl methyl sites for hydroxylation is 1. The Bertz CT molecular complexity index is 396. The van der Waals surface area contributed by atoms with E-state index >= 15 is 0 Å². The maximum absolute atomic E-state index is 4.27. The number of thiol groups is 1. The normalized spacial score (nSPS) is 11.9. The summed E-state index contributed by atoms with van der Waals surface area (Å²) in [5.74, 6) is 0. The molecule has 1 heteroatoms. The molecule has 1 aromatic rings. The van der Waals surface area contributed by atoms with Crippen LogP contribution in [-0.4, -0.2) is 0 Å². The number of allylic oxidation sites excluding steroid dienone is 4. The van der Waals surface area contributed by atoms with E-state index in [-0.39, 0.29) is 0 Å². The first-order valence-electron chi connectivity index (χ1n) is 5.40. The third-order valence-corrected chi connectivity index (χ3v) is 2.98. The fraction of sp³-hybridized carbons (Fsp3) is 0.200. The van der Waals surface area contributed by atoms with Gasteiger partial charge >= 0.3 is 0 Å². The molecule has 0 radical (unpaired) electrons. The van der Waals surface area contributed by atoms with E-state index in [0.29, 0.717) is 0 Å². The SMILES string of the molecule is C=C/C(C)=C(\C=C)CCc1ccc(S)cc1. The molecule has 0 saturated heterocycles. The van der Waals surface area contributed by atoms with Crippen molar-refractivity contribution in [3.05, 3.63) is 66.3 Å². The van der Waals surface area contributed by atoms with Gasteiger partial charge in [-0.3, -0.25) is 0 Å². The molecule has 0 nitrogen and oxygen atoms in total. The van der Waals surface area contributed by atoms with Crippen molar-refractivity contribution in [1.82, 2.24) is 0 Å². The molecule has 1 aromatic carbocycles. The van der Waals surface area contributed by atoms with Gasteiger partial charge in [-0.15, -0.1) is 12.6 Å². The van der Waals surface area contributed by atoms with Gasteiger partial charge in [0.05, 0.1) is 0 Å². The zero-order valence-electron chi connectivity index (χ0n) is 9.74. The highest BCUT2D eigenvalue weighted by atomic mass is 32.1. The van der Waals surface area contributed by atoms with Gasteiger partial charge in [0.1, 0.15) is 0 Å². The predicted octanol–water partition coefficient (Wildman–Crippen LogP) is 4.60. The maximum atomic E-state index is 4.27. The molecule has 1 rings (SSSR count). The van der Waals surface area contributed by atoms with Gasteiger partial charge < -0.3 is 0 Å². The molecule has 0 fully saturated rings. The minimum Gasteiger partial charge on any atom is -0.143 e. The van der Waals surface area contributed by atoms with E-state index in [9.17, 15) is 0 Å². The Kier molecular flexibility index (Phi) is 5.13. The number of benzene rings is 1. The zero-order valence-corrected chi connectivity index (χ0v) is 10.6. The highest BCUT2D eigenvalue weighted by molar-refractivity contribution is 7.80. The lowest BCUT2D eigenvalue weighted by atomic mass is 10.0. The molecule has 0 bridgehead atoms. The Morgan fingerprint density at radius 2 is 1.81 bits per heavy atom. The zero-order chi connectivity index (χ0) is 12.0. The smallest absolute Gasteiger partial charge is 0.00401 e. The third kappa shape index (κ3) is 3.74. The molecule has 0 amide bonds. The molecule has 0 unspecified atom stereocenters. The molecule has 0 N–H and O–H groups in total. The van der Waals surface area contributed by atoms with Crippen LogP contribution in [0.4, 0.5) is 0 Å². The van der Waals surface area contributed by atoms with Crippen LogP contribution in [0, 0.1) is 0 Å². The first-order valence-corrected chi connectivity index (χ1v) is 5.84. The van der Waals surface area contributed by atoms with E-state index in [2.05, 4.69) is 44.8 Å². The van der Waals surface area contributed by atoms with Gasteiger partial charge in [-0.1, -0.05) is 37.4 Å². The van der Waals surface area contributed by atoms with Crippen LogP contribution in [-0.2, 0) is 6.42 Å². The molecule has 0 heterocycles. The summed E-state index contributed by atoms with van der Waals surface area (Å²) in [4.78, 5) is 1.01. The van der Waals surface area contributed by atoms with Crippen molar-refractivity contribution in [3.63, 3.8) is 0 Å². The summed E-state index contributed by atoms with van der Waals surface area (Å²) in [5.41, 5.74) is 3.81. The Hall–Kier alpha value is -1.21. The Morgan fingerprint density at radius 1 is 1.19 bits per heavy atom. The second kappa shape index (κ2) is 6.39. The summed E-state index contributed by atoms with van der Waals surface area (Å²) in [5, 5.41) is 0. The topological polar surface area (TPSA) is 0 Å². The Morgan fingerprint density at radius 3 is 2.31 bits per heavy atom. The van der Waals surface area contributed by atoms with E-state index in [4.69, 9.17) is 0 Å². The molecule has 0 aliphatic rings. The van der Waals surface area contributed by atoms with Crippen molar-refractivity contribution < 1.29 is 0 Å². The summed E-state index contributed by atoms with van der Waals surface area (Å²) in [6, 6.07) is 8.28. The molecule has 16 heavy (non-hydrogen) atoms. The van der Waals surface area contributed by atoms with Crippen molar-refractivity contribution in [1.29, 1.82) is 0 Å². The summed E-state index contributed by atoms with van der Waals surface area (Å²) in [6.45, 7) is 9.69. The van der Waals surface area contributed by atoms with E-state index in [1.165, 1.54) is 16.7 Å². The van der Waals surface area contributed by atoms with Gasteiger partial charge in [-0.05, 0) is 48.6 Å². The third-order valence-electron chi connectivity index (χ3n) is 2.68. The van der Waals surface area contributed by atoms with Gasteiger partial charge in [-0.25, -0.2) is 0 Å². The van der Waals surface area contributed by atoms with Crippen molar-refractivity contribution in [2.75, 3.05) is 0 Å². The van der Waals surface area contributed by atoms with Gasteiger partial charge in [0, 0.05) is 4.90 Å². The standard InChI is InChI=1S/C15H18S/c1-4-12(3)14(5-2)9-6-13-7-10-15(16)11-8-13/h4-5,7-8,10-11,16H,1-2,6,9H2,3H3/b14-12+. The second-order valence-electron chi connectivity index (χ2n) is 3.78. The van der Waals surface area contributed by atoms with Crippen LogP contribution in [0.15, 0.2) is 65.6 Å². The highest BCUT2D eigenvalue weighted by Gasteiger charge is 1.98. The fourth-order valence-electron chi connectivity index (χ4n) is 1.53. The van der Waals surface area contributed by atoms with Crippen LogP contribution >= 0.6 is 12.6 Å². The molecule has 0 aromatic heterocycles. The monoisotopic (exact) mass is 230 g/mol. The highest BCUT2D eigenvalue weighted by Crippen LogP contribution is 2.16. The average molecular weight is 230 g/mol. The van der Waals surface area contributed by atoms with Crippen LogP contribution in [0.1, 0.15) is 18.9 Å². The minimum atomic E-state index is 1.01. The van der Waals surface area contributed by atoms with E-state index in [1.54, 1.807) is 0 Å². The van der Waals surface area contributed by atoms with Crippen LogP contribution in [0.3, 0.4) is 0 Å². The summed E-state index contributed by atoms with van der Waals surface area (Å²) >= 11 is 4.27. The fourth-order valence-corrected chi connectivity index (χ4v) is 1.68. The minimum absolute atomic E-state index is 1.01. The Labute approximate surface area is 104 Å².